The molecule has 0 atom stereocenters. The van der Waals surface area contributed by atoms with Crippen molar-refractivity contribution < 1.29 is 8.78 Å². The van der Waals surface area contributed by atoms with Crippen LogP contribution in [0.15, 0.2) is 158 Å². The zero-order valence-corrected chi connectivity index (χ0v) is 45.3. The fourth-order valence-corrected chi connectivity index (χ4v) is 13.8. The van der Waals surface area contributed by atoms with Crippen molar-refractivity contribution in [2.24, 2.45) is 0 Å². The van der Waals surface area contributed by atoms with Gasteiger partial charge in [0.2, 0.25) is 0 Å². The van der Waals surface area contributed by atoms with E-state index >= 15 is 0 Å². The molecule has 0 spiro atoms. The van der Waals surface area contributed by atoms with E-state index in [0.717, 1.165) is 64.5 Å². The Kier molecular flexibility index (Phi) is 9.99. The van der Waals surface area contributed by atoms with Crippen LogP contribution in [0.2, 0.25) is 39.3 Å². The Bertz CT molecular complexity index is 3360. The predicted molar refractivity (Wildman–Crippen MR) is 285 cm³/mol. The molecule has 310 valence electrons. The van der Waals surface area contributed by atoms with Crippen LogP contribution in [-0.4, -0.2) is 51.0 Å². The van der Waals surface area contributed by atoms with Crippen molar-refractivity contribution >= 4 is 143 Å². The van der Waals surface area contributed by atoms with Crippen molar-refractivity contribution in [3.63, 3.8) is 0 Å². The van der Waals surface area contributed by atoms with Gasteiger partial charge in [0.05, 0.1) is 27.2 Å². The Hall–Kier alpha value is -4.95. The molecule has 0 fully saturated rings. The first-order valence-electron chi connectivity index (χ1n) is 21.8. The van der Waals surface area contributed by atoms with E-state index in [-0.39, 0.29) is 11.6 Å². The number of aromatic nitrogens is 2. The molecule has 9 aromatic carbocycles. The first-order chi connectivity index (χ1) is 30.6. The standard InChI is InChI=1S/C56H44F2IN2Si2.Tl/c1-62(2,3)41-20-11-34(12-21-41)55-45-25-19-40(61-52-26-15-36(57)29-46(52)47-30-37(58)16-27-53(47)61)33-50(45)56(35-13-22-42(23-14-35)63(4,5)6)44-24-18-39(32-49(44)55)60-51-10-8-7-9-43(51)48-31-38(59)17-28-54(48)60;/h8-33H,1-6H3;. The summed E-state index contributed by atoms with van der Waals surface area (Å²) in [6.07, 6.45) is 0. The van der Waals surface area contributed by atoms with Gasteiger partial charge in [0.15, 0.2) is 0 Å². The van der Waals surface area contributed by atoms with Gasteiger partial charge in [0.1, 0.15) is 11.6 Å². The number of benzene rings is 9. The molecular weight excluding hydrogens is 1130 g/mol. The SMILES string of the molecule is C[Si](C)(C)c1ccc(-c2c3ccc(-n4c5ccc(I)cc5c5c[c]([Tl])ccc54)cc3c(-c3ccc([Si](C)(C)C)cc3)c3ccc(-n4c5ccc(F)cc5c5cc(F)ccc54)cc23)cc1. The molecule has 0 aliphatic rings. The van der Waals surface area contributed by atoms with Crippen LogP contribution in [0.4, 0.5) is 8.78 Å². The molecule has 0 aliphatic heterocycles. The maximum absolute atomic E-state index is 14.9. The minimum atomic E-state index is -1.59. The van der Waals surface area contributed by atoms with E-state index in [1.807, 2.05) is 12.1 Å². The van der Waals surface area contributed by atoms with Crippen molar-refractivity contribution in [2.75, 3.05) is 0 Å². The van der Waals surface area contributed by atoms with Crippen molar-refractivity contribution in [2.45, 2.75) is 39.3 Å². The first-order valence-corrected chi connectivity index (χ1v) is 32.1. The molecule has 0 amide bonds. The van der Waals surface area contributed by atoms with Gasteiger partial charge in [-0.2, -0.15) is 0 Å². The third-order valence-electron chi connectivity index (χ3n) is 13.1. The summed E-state index contributed by atoms with van der Waals surface area (Å²) in [5, 5.41) is 11.4. The molecule has 0 saturated heterocycles. The average Bonchev–Trinajstić information content (AvgIpc) is 3.75. The Labute approximate surface area is 403 Å². The summed E-state index contributed by atoms with van der Waals surface area (Å²) in [7, 11) is -3.17. The van der Waals surface area contributed by atoms with Crippen molar-refractivity contribution in [3.05, 3.63) is 173 Å². The molecule has 2 aromatic heterocycles. The van der Waals surface area contributed by atoms with Gasteiger partial charge in [-0.15, -0.1) is 0 Å². The van der Waals surface area contributed by atoms with Crippen LogP contribution in [0.25, 0.3) is 98.8 Å². The smallest absolute Gasteiger partial charge is 0.0624 e. The summed E-state index contributed by atoms with van der Waals surface area (Å²) in [4.78, 5) is 0. The second-order valence-electron chi connectivity index (χ2n) is 19.3. The second kappa shape index (κ2) is 15.3. The van der Waals surface area contributed by atoms with Crippen LogP contribution in [0.5, 0.6) is 0 Å². The second-order valence-corrected chi connectivity index (χ2v) is 33.3. The van der Waals surface area contributed by atoms with Crippen LogP contribution in [0.1, 0.15) is 0 Å². The monoisotopic (exact) mass is 1170 g/mol. The van der Waals surface area contributed by atoms with Gasteiger partial charge in [0.25, 0.3) is 0 Å². The van der Waals surface area contributed by atoms with Gasteiger partial charge >= 0.3 is 240 Å². The van der Waals surface area contributed by atoms with Crippen molar-refractivity contribution in [1.29, 1.82) is 0 Å². The summed E-state index contributed by atoms with van der Waals surface area (Å²) in [6.45, 7) is 14.4. The van der Waals surface area contributed by atoms with E-state index in [0.29, 0.717) is 10.8 Å². The normalized spacial score (nSPS) is 12.5. The molecular formula is C56H44F2IN2Si2Tl. The van der Waals surface area contributed by atoms with E-state index in [4.69, 9.17) is 0 Å². The Morgan fingerprint density at radius 2 is 0.781 bits per heavy atom. The van der Waals surface area contributed by atoms with Crippen molar-refractivity contribution in [3.8, 4) is 33.6 Å². The van der Waals surface area contributed by atoms with Gasteiger partial charge in [-0.25, -0.2) is 8.78 Å². The van der Waals surface area contributed by atoms with E-state index in [1.165, 1.54) is 90.6 Å². The topological polar surface area (TPSA) is 9.86 Å². The van der Waals surface area contributed by atoms with Crippen LogP contribution in [0.3, 0.4) is 0 Å². The quantitative estimate of drug-likeness (QED) is 0.0892. The predicted octanol–water partition coefficient (Wildman–Crippen LogP) is 14.3. The Balaban J connectivity index is 1.28. The van der Waals surface area contributed by atoms with Gasteiger partial charge in [0, 0.05) is 16.5 Å². The zero-order valence-electron chi connectivity index (χ0n) is 36.6. The van der Waals surface area contributed by atoms with Crippen molar-refractivity contribution in [1.82, 2.24) is 9.13 Å². The minimum Gasteiger partial charge on any atom is -0.0624 e. The van der Waals surface area contributed by atoms with Gasteiger partial charge in [-0.05, 0) is 36.4 Å². The molecule has 11 aromatic rings. The fraction of sp³-hybridized carbons (Fsp3) is 0.107. The molecule has 0 radical (unpaired) electrons. The van der Waals surface area contributed by atoms with Gasteiger partial charge < -0.3 is 4.57 Å². The summed E-state index contributed by atoms with van der Waals surface area (Å²) in [5.41, 5.74) is 10.8. The Morgan fingerprint density at radius 3 is 1.22 bits per heavy atom. The first kappa shape index (κ1) is 41.7. The maximum atomic E-state index is 14.9. The number of rotatable bonds is 6. The molecule has 11 rings (SSSR count). The van der Waals surface area contributed by atoms with Crippen LogP contribution >= 0.6 is 22.6 Å². The number of hydrogen-bond acceptors (Lipinski definition) is 0. The number of halogens is 3. The molecule has 0 unspecified atom stereocenters. The molecule has 0 bridgehead atoms. The van der Waals surface area contributed by atoms with Crippen LogP contribution in [0, 0.1) is 15.2 Å². The van der Waals surface area contributed by atoms with E-state index in [2.05, 4.69) is 192 Å². The third-order valence-corrected chi connectivity index (χ3v) is 19.3. The van der Waals surface area contributed by atoms with E-state index < -0.39 is 16.1 Å². The molecule has 2 heterocycles. The molecule has 0 aliphatic carbocycles. The molecule has 0 N–H and O–H groups in total. The molecule has 0 saturated carbocycles. The summed E-state index contributed by atoms with van der Waals surface area (Å²) in [5.74, 6) is -0.691. The number of nitrogens with zero attached hydrogens (tertiary/aromatic N) is 2. The van der Waals surface area contributed by atoms with E-state index in [1.54, 1.807) is 0 Å². The molecule has 64 heavy (non-hydrogen) atoms. The Morgan fingerprint density at radius 1 is 0.391 bits per heavy atom. The number of fused-ring (bicyclic) bond motifs is 8. The van der Waals surface area contributed by atoms with Gasteiger partial charge in [-0.3, -0.25) is 0 Å². The third kappa shape index (κ3) is 6.91. The van der Waals surface area contributed by atoms with Gasteiger partial charge in [-0.1, -0.05) is 61.8 Å². The number of hydrogen-bond donors (Lipinski definition) is 0. The molecule has 2 nitrogen and oxygen atoms in total. The minimum absolute atomic E-state index is 0.346. The molecule has 8 heteroatoms. The van der Waals surface area contributed by atoms with Crippen LogP contribution in [-0.2, 0) is 0 Å². The van der Waals surface area contributed by atoms with E-state index in [9.17, 15) is 8.78 Å². The zero-order chi connectivity index (χ0) is 44.4. The summed E-state index contributed by atoms with van der Waals surface area (Å²) >= 11 is 3.18. The summed E-state index contributed by atoms with van der Waals surface area (Å²) in [6, 6.07) is 56.0. The average molecular weight is 1170 g/mol. The van der Waals surface area contributed by atoms with Crippen LogP contribution < -0.4 is 13.5 Å². The fourth-order valence-electron chi connectivity index (χ4n) is 9.92. The summed E-state index contributed by atoms with van der Waals surface area (Å²) < 4.78 is 37.0.